The third kappa shape index (κ3) is 4.02. The molecule has 6 heteroatoms. The Morgan fingerprint density at radius 3 is 2.28 bits per heavy atom. The van der Waals surface area contributed by atoms with E-state index in [1.54, 1.807) is 20.8 Å². The van der Waals surface area contributed by atoms with Crippen LogP contribution in [0.3, 0.4) is 0 Å². The van der Waals surface area contributed by atoms with Crippen molar-refractivity contribution in [1.82, 2.24) is 0 Å². The third-order valence-corrected chi connectivity index (χ3v) is 3.75. The summed E-state index contributed by atoms with van der Waals surface area (Å²) in [7, 11) is 0. The van der Waals surface area contributed by atoms with Crippen LogP contribution < -0.4 is 0 Å². The van der Waals surface area contributed by atoms with Crippen molar-refractivity contribution < 1.29 is 28.5 Å². The molecular weight excluding hydrogens is 324 g/mol. The lowest BCUT2D eigenvalue weighted by Gasteiger charge is -2.40. The SMILES string of the molecule is CCOC1=C(OCC)C(CC(=O)OCc2ccccc2)(OCC)C1=O. The summed E-state index contributed by atoms with van der Waals surface area (Å²) in [4.78, 5) is 24.8. The largest absolute Gasteiger partial charge is 0.491 e. The number of carbonyl (C=O) groups is 2. The van der Waals surface area contributed by atoms with Crippen molar-refractivity contribution in [2.45, 2.75) is 39.4 Å². The lowest BCUT2D eigenvalue weighted by Crippen LogP contribution is -2.56. The van der Waals surface area contributed by atoms with Gasteiger partial charge in [0.1, 0.15) is 6.61 Å². The molecule has 1 atom stereocenters. The molecule has 0 N–H and O–H groups in total. The van der Waals surface area contributed by atoms with E-state index in [-0.39, 0.29) is 36.9 Å². The molecule has 1 aliphatic carbocycles. The summed E-state index contributed by atoms with van der Waals surface area (Å²) in [6.45, 7) is 6.40. The summed E-state index contributed by atoms with van der Waals surface area (Å²) < 4.78 is 21.8. The minimum absolute atomic E-state index is 0.133. The first-order valence-corrected chi connectivity index (χ1v) is 8.47. The van der Waals surface area contributed by atoms with Gasteiger partial charge in [0.05, 0.1) is 19.6 Å². The van der Waals surface area contributed by atoms with Gasteiger partial charge in [-0.25, -0.2) is 0 Å². The molecule has 25 heavy (non-hydrogen) atoms. The maximum Gasteiger partial charge on any atom is 0.310 e. The number of hydrogen-bond donors (Lipinski definition) is 0. The summed E-state index contributed by atoms with van der Waals surface area (Å²) in [6, 6.07) is 9.34. The van der Waals surface area contributed by atoms with Gasteiger partial charge in [0.2, 0.25) is 17.1 Å². The van der Waals surface area contributed by atoms with Gasteiger partial charge in [-0.1, -0.05) is 30.3 Å². The molecule has 0 saturated carbocycles. The molecular formula is C19H24O6. The molecule has 136 valence electrons. The molecule has 0 amide bonds. The lowest BCUT2D eigenvalue weighted by atomic mass is 9.79. The van der Waals surface area contributed by atoms with Gasteiger partial charge in [-0.05, 0) is 26.3 Å². The quantitative estimate of drug-likeness (QED) is 0.606. The number of esters is 1. The Kier molecular flexibility index (Phi) is 6.58. The van der Waals surface area contributed by atoms with Crippen LogP contribution in [0.5, 0.6) is 0 Å². The molecule has 0 aromatic heterocycles. The summed E-state index contributed by atoms with van der Waals surface area (Å²) in [5.74, 6) is -0.497. The summed E-state index contributed by atoms with van der Waals surface area (Å²) in [5, 5.41) is 0. The van der Waals surface area contributed by atoms with Gasteiger partial charge in [-0.2, -0.15) is 0 Å². The Balaban J connectivity index is 2.11. The lowest BCUT2D eigenvalue weighted by molar-refractivity contribution is -0.168. The summed E-state index contributed by atoms with van der Waals surface area (Å²) in [5.41, 5.74) is -0.569. The van der Waals surface area contributed by atoms with E-state index in [1.807, 2.05) is 30.3 Å². The Morgan fingerprint density at radius 2 is 1.68 bits per heavy atom. The van der Waals surface area contributed by atoms with Gasteiger partial charge in [0, 0.05) is 6.61 Å². The van der Waals surface area contributed by atoms with Crippen LogP contribution in [-0.4, -0.2) is 37.2 Å². The number of ether oxygens (including phenoxy) is 4. The molecule has 0 fully saturated rings. The normalized spacial score (nSPS) is 19.4. The predicted octanol–water partition coefficient (Wildman–Crippen LogP) is 2.76. The van der Waals surface area contributed by atoms with Crippen molar-refractivity contribution >= 4 is 11.8 Å². The average Bonchev–Trinajstić information content (AvgIpc) is 2.63. The highest BCUT2D eigenvalue weighted by atomic mass is 16.6. The molecule has 6 nitrogen and oxygen atoms in total. The van der Waals surface area contributed by atoms with Crippen molar-refractivity contribution in [2.75, 3.05) is 19.8 Å². The fraction of sp³-hybridized carbons (Fsp3) is 0.474. The number of hydrogen-bond acceptors (Lipinski definition) is 6. The zero-order valence-electron chi connectivity index (χ0n) is 14.9. The zero-order valence-corrected chi connectivity index (χ0v) is 14.9. The molecule has 2 rings (SSSR count). The van der Waals surface area contributed by atoms with Gasteiger partial charge < -0.3 is 18.9 Å². The number of ketones is 1. The Labute approximate surface area is 147 Å². The van der Waals surface area contributed by atoms with Crippen molar-refractivity contribution in [3.8, 4) is 0 Å². The van der Waals surface area contributed by atoms with Crippen LogP contribution in [0.4, 0.5) is 0 Å². The second-order valence-corrected chi connectivity index (χ2v) is 5.44. The maximum absolute atomic E-state index is 12.6. The van der Waals surface area contributed by atoms with Crippen LogP contribution in [0, 0.1) is 0 Å². The van der Waals surface area contributed by atoms with Crippen molar-refractivity contribution in [1.29, 1.82) is 0 Å². The van der Waals surface area contributed by atoms with Crippen LogP contribution in [-0.2, 0) is 35.1 Å². The van der Waals surface area contributed by atoms with Crippen LogP contribution in [0.15, 0.2) is 41.9 Å². The van der Waals surface area contributed by atoms with Crippen LogP contribution in [0.25, 0.3) is 0 Å². The monoisotopic (exact) mass is 348 g/mol. The first-order chi connectivity index (χ1) is 12.1. The highest BCUT2D eigenvalue weighted by Gasteiger charge is 2.60. The fourth-order valence-electron chi connectivity index (χ4n) is 2.69. The van der Waals surface area contributed by atoms with Gasteiger partial charge in [-0.15, -0.1) is 0 Å². The van der Waals surface area contributed by atoms with E-state index < -0.39 is 11.6 Å². The molecule has 0 heterocycles. The Morgan fingerprint density at radius 1 is 1.00 bits per heavy atom. The molecule has 0 saturated heterocycles. The third-order valence-electron chi connectivity index (χ3n) is 3.75. The number of rotatable bonds is 10. The average molecular weight is 348 g/mol. The molecule has 0 radical (unpaired) electrons. The summed E-state index contributed by atoms with van der Waals surface area (Å²) in [6.07, 6.45) is -0.238. The Bertz CT molecular complexity index is 637. The minimum Gasteiger partial charge on any atom is -0.491 e. The second kappa shape index (κ2) is 8.67. The van der Waals surface area contributed by atoms with E-state index in [4.69, 9.17) is 18.9 Å². The molecule has 1 aromatic rings. The maximum atomic E-state index is 12.6. The predicted molar refractivity (Wildman–Crippen MR) is 90.5 cm³/mol. The first kappa shape index (κ1) is 19.0. The second-order valence-electron chi connectivity index (χ2n) is 5.44. The van der Waals surface area contributed by atoms with Gasteiger partial charge in [0.15, 0.2) is 5.76 Å². The van der Waals surface area contributed by atoms with Crippen molar-refractivity contribution in [2.24, 2.45) is 0 Å². The van der Waals surface area contributed by atoms with Crippen LogP contribution in [0.2, 0.25) is 0 Å². The minimum atomic E-state index is -1.44. The highest BCUT2D eigenvalue weighted by Crippen LogP contribution is 2.42. The fourth-order valence-corrected chi connectivity index (χ4v) is 2.69. The van der Waals surface area contributed by atoms with E-state index in [2.05, 4.69) is 0 Å². The molecule has 1 aromatic carbocycles. The smallest absolute Gasteiger partial charge is 0.310 e. The van der Waals surface area contributed by atoms with Crippen molar-refractivity contribution in [3.05, 3.63) is 47.4 Å². The van der Waals surface area contributed by atoms with Gasteiger partial charge >= 0.3 is 5.97 Å². The number of benzene rings is 1. The summed E-state index contributed by atoms with van der Waals surface area (Å²) >= 11 is 0. The number of Topliss-reactive ketones (excluding diaryl/α,β-unsaturated/α-hetero) is 1. The standard InChI is InChI=1S/C19H24O6/c1-4-22-16-17(21)19(25-6-3,18(16)23-5-2)12-15(20)24-13-14-10-8-7-9-11-14/h7-11H,4-6,12-13H2,1-3H3. The van der Waals surface area contributed by atoms with E-state index in [0.29, 0.717) is 13.2 Å². The van der Waals surface area contributed by atoms with Gasteiger partial charge in [0.25, 0.3) is 0 Å². The highest BCUT2D eigenvalue weighted by molar-refractivity contribution is 6.12. The molecule has 0 bridgehead atoms. The zero-order chi connectivity index (χ0) is 18.3. The van der Waals surface area contributed by atoms with Crippen LogP contribution in [0.1, 0.15) is 32.8 Å². The van der Waals surface area contributed by atoms with E-state index in [0.717, 1.165) is 5.56 Å². The van der Waals surface area contributed by atoms with E-state index in [9.17, 15) is 9.59 Å². The molecule has 0 spiro atoms. The van der Waals surface area contributed by atoms with E-state index >= 15 is 0 Å². The molecule has 0 aliphatic heterocycles. The molecule has 1 unspecified atom stereocenters. The first-order valence-electron chi connectivity index (χ1n) is 8.47. The Hall–Kier alpha value is -2.34. The van der Waals surface area contributed by atoms with Crippen LogP contribution >= 0.6 is 0 Å². The van der Waals surface area contributed by atoms with Crippen molar-refractivity contribution in [3.63, 3.8) is 0 Å². The van der Waals surface area contributed by atoms with Gasteiger partial charge in [-0.3, -0.25) is 9.59 Å². The topological polar surface area (TPSA) is 71.1 Å². The molecule has 1 aliphatic rings. The number of carbonyl (C=O) groups excluding carboxylic acids is 2. The van der Waals surface area contributed by atoms with E-state index in [1.165, 1.54) is 0 Å².